The summed E-state index contributed by atoms with van der Waals surface area (Å²) in [5, 5.41) is 17.0. The number of amides is 2. The zero-order valence-corrected chi connectivity index (χ0v) is 73.0. The van der Waals surface area contributed by atoms with Crippen molar-refractivity contribution in [2.75, 3.05) is 32.1 Å². The fourth-order valence-electron chi connectivity index (χ4n) is 12.2. The maximum atomic E-state index is 11.1. The molecule has 2 saturated carbocycles. The molecule has 12 rings (SSSR count). The minimum Gasteiger partial charge on any atom is -0.378 e. The Labute approximate surface area is 659 Å². The zero-order chi connectivity index (χ0) is 81.8. The number of nitrogens with one attached hydrogen (secondary N) is 1. The lowest BCUT2D eigenvalue weighted by atomic mass is 9.70. The van der Waals surface area contributed by atoms with Crippen LogP contribution in [0.15, 0.2) is 183 Å². The number of carbonyl (C=O) groups excluding carboxylic acids is 2. The van der Waals surface area contributed by atoms with Gasteiger partial charge in [0.2, 0.25) is 11.8 Å². The second-order valence-electron chi connectivity index (χ2n) is 39.0. The van der Waals surface area contributed by atoms with E-state index in [2.05, 4.69) is 321 Å². The summed E-state index contributed by atoms with van der Waals surface area (Å²) >= 11 is 5.76. The number of fused-ring (bicyclic) bond motifs is 2. The number of nitrogens with zero attached hydrogens (tertiary/aromatic N) is 6. The van der Waals surface area contributed by atoms with Crippen molar-refractivity contribution in [3.63, 3.8) is 0 Å². The van der Waals surface area contributed by atoms with Crippen molar-refractivity contribution in [3.05, 3.63) is 218 Å². The molecule has 2 aliphatic carbocycles. The molecule has 0 saturated heterocycles. The van der Waals surface area contributed by atoms with E-state index in [1.165, 1.54) is 94.3 Å². The molecule has 3 aliphatic heterocycles. The van der Waals surface area contributed by atoms with Crippen molar-refractivity contribution in [1.82, 2.24) is 10.2 Å². The van der Waals surface area contributed by atoms with E-state index < -0.39 is 0 Å². The van der Waals surface area contributed by atoms with Crippen molar-refractivity contribution >= 4 is 57.6 Å². The summed E-state index contributed by atoms with van der Waals surface area (Å²) in [5.74, 6) is 0.845. The Balaban J connectivity index is 0.000000257. The van der Waals surface area contributed by atoms with E-state index in [-0.39, 0.29) is 44.3 Å². The number of aromatic nitrogens is 2. The molecule has 4 heterocycles. The smallest absolute Gasteiger partial charge is 0.248 e. The van der Waals surface area contributed by atoms with Gasteiger partial charge in [-0.1, -0.05) is 284 Å². The molecule has 13 heteroatoms. The Bertz CT molecular complexity index is 4150. The fraction of sp³-hybridized carbons (Fsp3) is 0.526. The van der Waals surface area contributed by atoms with Gasteiger partial charge in [0, 0.05) is 70.8 Å². The predicted molar refractivity (Wildman–Crippen MR) is 468 cm³/mol. The first-order valence-corrected chi connectivity index (χ1v) is 39.4. The maximum absolute atomic E-state index is 11.1. The normalized spacial score (nSPS) is 16.2. The van der Waals surface area contributed by atoms with E-state index in [1.54, 1.807) is 12.1 Å². The average molecular weight is 1490 g/mol. The number of allylic oxidation sites excluding steroid dienone is 2. The highest BCUT2D eigenvalue weighted by atomic mass is 35.5. The highest BCUT2D eigenvalue weighted by molar-refractivity contribution is 6.30. The molecule has 2 amide bonds. The van der Waals surface area contributed by atoms with Gasteiger partial charge in [0.1, 0.15) is 0 Å². The number of halogens is 1. The first-order chi connectivity index (χ1) is 49.6. The van der Waals surface area contributed by atoms with E-state index in [0.29, 0.717) is 33.4 Å². The first kappa shape index (κ1) is 92.6. The summed E-state index contributed by atoms with van der Waals surface area (Å²) in [5.41, 5.74) is 36.2. The van der Waals surface area contributed by atoms with E-state index in [1.807, 2.05) is 60.9 Å². The van der Waals surface area contributed by atoms with Gasteiger partial charge in [0.25, 0.3) is 0 Å². The van der Waals surface area contributed by atoms with Crippen molar-refractivity contribution < 1.29 is 9.59 Å². The highest BCUT2D eigenvalue weighted by Gasteiger charge is 2.33. The minimum atomic E-state index is -0.369. The fourth-order valence-corrected chi connectivity index (χ4v) is 12.3. The van der Waals surface area contributed by atoms with Gasteiger partial charge < -0.3 is 22.1 Å². The second kappa shape index (κ2) is 39.2. The minimum absolute atomic E-state index is 0.0361. The second-order valence-corrected chi connectivity index (χ2v) is 39.4. The monoisotopic (exact) mass is 1490 g/mol. The third-order valence-corrected chi connectivity index (χ3v) is 20.1. The zero-order valence-electron chi connectivity index (χ0n) is 72.2. The Morgan fingerprint density at radius 1 is 0.500 bits per heavy atom. The van der Waals surface area contributed by atoms with Crippen molar-refractivity contribution in [3.8, 4) is 0 Å². The predicted octanol–water partition coefficient (Wildman–Crippen LogP) is 24.7. The van der Waals surface area contributed by atoms with Crippen LogP contribution in [0.4, 0.5) is 11.4 Å². The molecule has 0 spiro atoms. The summed E-state index contributed by atoms with van der Waals surface area (Å²) in [6.07, 6.45) is 16.2. The molecule has 7 aromatic rings. The summed E-state index contributed by atoms with van der Waals surface area (Å²) in [7, 11) is 4.14. The number of anilines is 1. The molecule has 2 unspecified atom stereocenters. The van der Waals surface area contributed by atoms with E-state index >= 15 is 0 Å². The lowest BCUT2D eigenvalue weighted by Crippen LogP contribution is -2.40. The molecular formula is C95H141ClN10O2. The van der Waals surface area contributed by atoms with Gasteiger partial charge in [-0.3, -0.25) is 24.7 Å². The van der Waals surface area contributed by atoms with E-state index in [9.17, 15) is 9.59 Å². The Kier molecular flexibility index (Phi) is 33.6. The standard InChI is InChI=1S/C12H19N.2C11H14N2.2C11H15NO.C11H17N.C10H13Cl.C10H21N.C8H13N/c1-12(2,3)10-7-6-8-11(9-10)13(4)5;2*1-11(2,3)9-4-5-10-8(6-9)7-12-13-10;1-11(2,3)9-6-4-5-8(7-9)10(12)13;1-11(2,3)9-7-5-4-6-8(9)10(12)13;1-11(2,3)9-6-10(12-7-9)8-4-5-8;1-10(2,3)8-4-6-9(11)7-5-8;1-10(2,3)8-6-4-5-7-9(8)11;1-8(2,3)7-4-5-9-6-7/h6-9H,1-5H3;4-6H,7H2,1-3H3;4-7H,1-3H3,(H,12,13);2*4-7H,1-3H3,(H2,12,13);6,8H,4-5,7H2,1-3H3;4-7H,1-3H3;8-9H,4-7,11H2,1-3H3;4-5H,6H2,1-3H3. The molecule has 0 radical (unpaired) electrons. The van der Waals surface area contributed by atoms with Crippen LogP contribution < -0.4 is 22.1 Å². The molecular weight excluding hydrogens is 1350 g/mol. The van der Waals surface area contributed by atoms with Crippen LogP contribution in [0.3, 0.4) is 0 Å². The van der Waals surface area contributed by atoms with Crippen molar-refractivity contribution in [2.45, 2.75) is 271 Å². The number of benzene rings is 6. The number of aromatic amines is 1. The quantitative estimate of drug-likeness (QED) is 0.136. The van der Waals surface area contributed by atoms with Gasteiger partial charge in [-0.2, -0.15) is 15.3 Å². The molecule has 2 fully saturated rings. The Morgan fingerprint density at radius 2 is 1.02 bits per heavy atom. The first-order valence-electron chi connectivity index (χ1n) is 39.1. The van der Waals surface area contributed by atoms with Crippen molar-refractivity contribution in [2.24, 2.45) is 65.5 Å². The van der Waals surface area contributed by atoms with Gasteiger partial charge >= 0.3 is 0 Å². The third-order valence-electron chi connectivity index (χ3n) is 19.9. The van der Waals surface area contributed by atoms with Gasteiger partial charge in [-0.05, 0) is 198 Å². The van der Waals surface area contributed by atoms with Crippen LogP contribution in [0.5, 0.6) is 0 Å². The highest BCUT2D eigenvalue weighted by Crippen LogP contribution is 2.39. The number of rotatable bonds is 4. The van der Waals surface area contributed by atoms with Crippen LogP contribution >= 0.6 is 11.6 Å². The molecule has 1 aromatic heterocycles. The SMILES string of the molecule is CC(C)(C)C1=CC(C2CC2)=NC1.CC(C)(C)C1=CC=NC1.CC(C)(C)C1CCCCC1N.CC(C)(C)c1ccc(Cl)cc1.CC(C)(C)c1ccc2[nH]ncc2c1.CC(C)(C)c1ccc2c(c1)CN=N2.CC(C)(C)c1cccc(C(N)=O)c1.CC(C)(C)c1ccccc1C(N)=O.CN(C)c1cccc(C(C)(C)C)c1. The van der Waals surface area contributed by atoms with Crippen LogP contribution in [-0.2, 0) is 39.0 Å². The number of hydrogen-bond acceptors (Lipinski definition) is 9. The molecule has 5 aliphatic rings. The van der Waals surface area contributed by atoms with Gasteiger partial charge in [0.05, 0.1) is 37.0 Å². The molecule has 590 valence electrons. The van der Waals surface area contributed by atoms with Gasteiger partial charge in [-0.25, -0.2) is 0 Å². The third kappa shape index (κ3) is 31.7. The maximum Gasteiger partial charge on any atom is 0.248 e. The molecule has 108 heavy (non-hydrogen) atoms. The number of azo groups is 1. The van der Waals surface area contributed by atoms with Crippen LogP contribution in [0.25, 0.3) is 10.9 Å². The largest absolute Gasteiger partial charge is 0.378 e. The van der Waals surface area contributed by atoms with Crippen LogP contribution in [0, 0.1) is 28.1 Å². The summed E-state index contributed by atoms with van der Waals surface area (Å²) in [4.78, 5) is 32.8. The van der Waals surface area contributed by atoms with Gasteiger partial charge in [0.15, 0.2) is 0 Å². The summed E-state index contributed by atoms with van der Waals surface area (Å²) in [6, 6.07) is 44.9. The molecule has 12 nitrogen and oxygen atoms in total. The van der Waals surface area contributed by atoms with Crippen molar-refractivity contribution in [1.29, 1.82) is 0 Å². The number of aliphatic imine (C=N–C) groups is 2. The number of carbonyl (C=O) groups is 2. The Hall–Kier alpha value is -7.80. The summed E-state index contributed by atoms with van der Waals surface area (Å²) < 4.78 is 0. The lowest BCUT2D eigenvalue weighted by molar-refractivity contribution is 0.0990. The average Bonchev–Trinajstić information content (AvgIpc) is 1.42. The van der Waals surface area contributed by atoms with Gasteiger partial charge in [-0.15, -0.1) is 0 Å². The number of H-pyrrole nitrogens is 1. The van der Waals surface area contributed by atoms with Crippen LogP contribution in [-0.4, -0.2) is 67.2 Å². The topological polar surface area (TPSA) is 194 Å². The molecule has 0 bridgehead atoms. The number of nitrogens with two attached hydrogens (primary N) is 3. The lowest BCUT2D eigenvalue weighted by Gasteiger charge is -2.38. The molecule has 7 N–H and O–H groups in total. The molecule has 2 atom stereocenters. The molecule has 6 aromatic carbocycles. The van der Waals surface area contributed by atoms with Crippen LogP contribution in [0.2, 0.25) is 5.02 Å². The number of hydrogen-bond donors (Lipinski definition) is 4. The summed E-state index contributed by atoms with van der Waals surface area (Å²) in [6.45, 7) is 62.1. The van der Waals surface area contributed by atoms with Crippen LogP contribution in [0.1, 0.15) is 285 Å². The van der Waals surface area contributed by atoms with E-state index in [0.717, 1.165) is 58.8 Å². The number of primary amides is 2. The van der Waals surface area contributed by atoms with E-state index in [4.69, 9.17) is 28.8 Å². The Morgan fingerprint density at radius 3 is 1.47 bits per heavy atom.